The first kappa shape index (κ1) is 20.0. The van der Waals surface area contributed by atoms with E-state index in [1.54, 1.807) is 29.2 Å². The van der Waals surface area contributed by atoms with Gasteiger partial charge in [0.2, 0.25) is 0 Å². The molecular weight excluding hydrogens is 378 g/mol. The van der Waals surface area contributed by atoms with Crippen molar-refractivity contribution >= 4 is 22.9 Å². The fourth-order valence-corrected chi connectivity index (χ4v) is 3.90. The average Bonchev–Trinajstić information content (AvgIpc) is 2.98. The molecule has 0 spiro atoms. The average molecular weight is 405 g/mol. The maximum absolute atomic E-state index is 12.7. The molecule has 6 heteroatoms. The highest BCUT2D eigenvalue weighted by molar-refractivity contribution is 5.97. The quantitative estimate of drug-likeness (QED) is 0.656. The van der Waals surface area contributed by atoms with Gasteiger partial charge in [0.1, 0.15) is 5.75 Å². The molecule has 1 aliphatic heterocycles. The Bertz CT molecular complexity index is 1020. The van der Waals surface area contributed by atoms with Crippen LogP contribution in [-0.4, -0.2) is 41.5 Å². The zero-order valence-electron chi connectivity index (χ0n) is 17.0. The lowest BCUT2D eigenvalue weighted by Crippen LogP contribution is -2.35. The van der Waals surface area contributed by atoms with Gasteiger partial charge in [-0.25, -0.2) is 4.79 Å². The van der Waals surface area contributed by atoms with Gasteiger partial charge in [-0.2, -0.15) is 0 Å². The summed E-state index contributed by atoms with van der Waals surface area (Å²) < 4.78 is 5.59. The van der Waals surface area contributed by atoms with E-state index in [1.165, 1.54) is 5.39 Å². The van der Waals surface area contributed by atoms with Crippen LogP contribution in [0.15, 0.2) is 54.7 Å². The molecule has 1 saturated heterocycles. The zero-order chi connectivity index (χ0) is 20.8. The highest BCUT2D eigenvalue weighted by atomic mass is 16.6. The number of fused-ring (bicyclic) bond motifs is 1. The van der Waals surface area contributed by atoms with Crippen molar-refractivity contribution < 1.29 is 14.3 Å². The number of benzene rings is 2. The second-order valence-electron chi connectivity index (χ2n) is 7.63. The number of amides is 2. The summed E-state index contributed by atoms with van der Waals surface area (Å²) >= 11 is 0. The van der Waals surface area contributed by atoms with E-state index < -0.39 is 0 Å². The Hall–Kier alpha value is -3.28. The number of carbonyl (C=O) groups excluding carboxylic acids is 2. The number of hydrogen-bond donors (Lipinski definition) is 2. The number of likely N-dealkylation sites (tertiary alicyclic amines) is 1. The van der Waals surface area contributed by atoms with Crippen LogP contribution in [-0.2, 0) is 6.42 Å². The molecule has 0 bridgehead atoms. The summed E-state index contributed by atoms with van der Waals surface area (Å²) in [5.41, 5.74) is 2.62. The molecule has 3 aromatic rings. The van der Waals surface area contributed by atoms with E-state index in [0.29, 0.717) is 37.4 Å². The normalized spacial score (nSPS) is 14.3. The lowest BCUT2D eigenvalue weighted by molar-refractivity contribution is 0.0950. The summed E-state index contributed by atoms with van der Waals surface area (Å²) in [6.07, 6.45) is 6.57. The Morgan fingerprint density at radius 1 is 0.967 bits per heavy atom. The molecule has 4 rings (SSSR count). The molecule has 2 heterocycles. The molecule has 0 aliphatic carbocycles. The molecule has 1 aromatic heterocycles. The molecule has 2 N–H and O–H groups in total. The van der Waals surface area contributed by atoms with Crippen LogP contribution in [0.1, 0.15) is 41.6 Å². The number of para-hydroxylation sites is 2. The number of nitrogens with one attached hydrogen (secondary N) is 2. The maximum Gasteiger partial charge on any atom is 0.415 e. The fourth-order valence-electron chi connectivity index (χ4n) is 3.90. The molecular formula is C24H27N3O3. The zero-order valence-corrected chi connectivity index (χ0v) is 17.0. The number of rotatable bonds is 5. The lowest BCUT2D eigenvalue weighted by atomic mass is 10.1. The Labute approximate surface area is 176 Å². The van der Waals surface area contributed by atoms with E-state index in [9.17, 15) is 9.59 Å². The van der Waals surface area contributed by atoms with Gasteiger partial charge in [-0.15, -0.1) is 0 Å². The topological polar surface area (TPSA) is 74.4 Å². The van der Waals surface area contributed by atoms with Crippen molar-refractivity contribution in [2.24, 2.45) is 0 Å². The van der Waals surface area contributed by atoms with E-state index in [2.05, 4.69) is 16.4 Å². The number of aromatic nitrogens is 1. The largest absolute Gasteiger partial charge is 0.415 e. The number of carbonyl (C=O) groups is 2. The molecule has 0 saturated carbocycles. The molecule has 2 amide bonds. The molecule has 1 fully saturated rings. The molecule has 6 nitrogen and oxygen atoms in total. The second-order valence-corrected chi connectivity index (χ2v) is 7.63. The molecule has 30 heavy (non-hydrogen) atoms. The fraction of sp³-hybridized carbons (Fsp3) is 0.333. The molecule has 1 aliphatic rings. The van der Waals surface area contributed by atoms with Gasteiger partial charge in [0.25, 0.3) is 5.91 Å². The minimum atomic E-state index is -0.379. The van der Waals surface area contributed by atoms with E-state index in [-0.39, 0.29) is 12.0 Å². The van der Waals surface area contributed by atoms with Crippen LogP contribution >= 0.6 is 0 Å². The number of aromatic amines is 1. The first-order valence-corrected chi connectivity index (χ1v) is 10.6. The van der Waals surface area contributed by atoms with Crippen molar-refractivity contribution in [2.75, 3.05) is 19.6 Å². The smallest absolute Gasteiger partial charge is 0.409 e. The third kappa shape index (κ3) is 4.64. The van der Waals surface area contributed by atoms with Crippen LogP contribution in [0.4, 0.5) is 4.79 Å². The molecule has 0 atom stereocenters. The van der Waals surface area contributed by atoms with Crippen LogP contribution in [0.3, 0.4) is 0 Å². The Morgan fingerprint density at radius 3 is 2.53 bits per heavy atom. The van der Waals surface area contributed by atoms with Gasteiger partial charge in [0.15, 0.2) is 0 Å². The van der Waals surface area contributed by atoms with Crippen molar-refractivity contribution in [1.29, 1.82) is 0 Å². The summed E-state index contributed by atoms with van der Waals surface area (Å²) in [6.45, 7) is 1.91. The van der Waals surface area contributed by atoms with Gasteiger partial charge in [0.05, 0.1) is 5.56 Å². The third-order valence-electron chi connectivity index (χ3n) is 5.55. The molecule has 156 valence electrons. The van der Waals surface area contributed by atoms with Crippen molar-refractivity contribution in [1.82, 2.24) is 15.2 Å². The Balaban J connectivity index is 1.37. The predicted octanol–water partition coefficient (Wildman–Crippen LogP) is 4.52. The standard InChI is InChI=1S/C24H27N3O3/c28-23(25-14-13-18-17-26-21-11-5-3-9-19(18)21)20-10-4-6-12-22(20)30-24(29)27-15-7-1-2-8-16-27/h3-6,9-12,17,26H,1-2,7-8,13-16H2,(H,25,28). The number of hydrogen-bond acceptors (Lipinski definition) is 3. The van der Waals surface area contributed by atoms with Gasteiger partial charge in [-0.05, 0) is 43.0 Å². The van der Waals surface area contributed by atoms with Crippen molar-refractivity contribution in [2.45, 2.75) is 32.1 Å². The minimum Gasteiger partial charge on any atom is -0.409 e. The van der Waals surface area contributed by atoms with Crippen LogP contribution in [0.2, 0.25) is 0 Å². The van der Waals surface area contributed by atoms with E-state index in [0.717, 1.165) is 36.8 Å². The highest BCUT2D eigenvalue weighted by Gasteiger charge is 2.20. The van der Waals surface area contributed by atoms with Gasteiger partial charge < -0.3 is 19.9 Å². The van der Waals surface area contributed by atoms with Crippen LogP contribution in [0, 0.1) is 0 Å². The second kappa shape index (κ2) is 9.48. The van der Waals surface area contributed by atoms with E-state index in [1.807, 2.05) is 24.4 Å². The van der Waals surface area contributed by atoms with Crippen LogP contribution in [0.25, 0.3) is 10.9 Å². The summed E-state index contributed by atoms with van der Waals surface area (Å²) in [4.78, 5) is 30.3. The third-order valence-corrected chi connectivity index (χ3v) is 5.55. The van der Waals surface area contributed by atoms with Gasteiger partial charge in [-0.3, -0.25) is 4.79 Å². The van der Waals surface area contributed by atoms with Crippen molar-refractivity contribution in [3.05, 3.63) is 65.9 Å². The van der Waals surface area contributed by atoms with Crippen molar-refractivity contribution in [3.63, 3.8) is 0 Å². The summed E-state index contributed by atoms with van der Waals surface area (Å²) in [7, 11) is 0. The summed E-state index contributed by atoms with van der Waals surface area (Å²) in [5, 5.41) is 4.11. The Morgan fingerprint density at radius 2 is 1.70 bits per heavy atom. The number of nitrogens with zero attached hydrogens (tertiary/aromatic N) is 1. The van der Waals surface area contributed by atoms with Crippen molar-refractivity contribution in [3.8, 4) is 5.75 Å². The first-order chi connectivity index (χ1) is 14.7. The van der Waals surface area contributed by atoms with E-state index >= 15 is 0 Å². The van der Waals surface area contributed by atoms with E-state index in [4.69, 9.17) is 4.74 Å². The summed E-state index contributed by atoms with van der Waals surface area (Å²) in [5.74, 6) is 0.0606. The summed E-state index contributed by atoms with van der Waals surface area (Å²) in [6, 6.07) is 15.0. The molecule has 2 aromatic carbocycles. The monoisotopic (exact) mass is 405 g/mol. The predicted molar refractivity (Wildman–Crippen MR) is 117 cm³/mol. The lowest BCUT2D eigenvalue weighted by Gasteiger charge is -2.20. The number of H-pyrrole nitrogens is 1. The van der Waals surface area contributed by atoms with Gasteiger partial charge in [-0.1, -0.05) is 43.2 Å². The highest BCUT2D eigenvalue weighted by Crippen LogP contribution is 2.21. The molecule has 0 unspecified atom stereocenters. The number of ether oxygens (including phenoxy) is 1. The minimum absolute atomic E-state index is 0.242. The first-order valence-electron chi connectivity index (χ1n) is 10.6. The maximum atomic E-state index is 12.7. The Kier molecular flexibility index (Phi) is 6.32. The van der Waals surface area contributed by atoms with Gasteiger partial charge in [0, 0.05) is 36.7 Å². The van der Waals surface area contributed by atoms with Crippen LogP contribution in [0.5, 0.6) is 5.75 Å². The van der Waals surface area contributed by atoms with Gasteiger partial charge >= 0.3 is 6.09 Å². The van der Waals surface area contributed by atoms with Crippen LogP contribution < -0.4 is 10.1 Å². The SMILES string of the molecule is O=C(NCCc1c[nH]c2ccccc12)c1ccccc1OC(=O)N1CCCCCC1. The molecule has 0 radical (unpaired) electrons.